The maximum Gasteiger partial charge on any atom is 0.193 e. The van der Waals surface area contributed by atoms with E-state index in [4.69, 9.17) is 9.16 Å². The summed E-state index contributed by atoms with van der Waals surface area (Å²) in [4.78, 5) is 11.4. The van der Waals surface area contributed by atoms with Crippen molar-refractivity contribution >= 4 is 14.1 Å². The zero-order valence-corrected chi connectivity index (χ0v) is 10.3. The van der Waals surface area contributed by atoms with E-state index in [1.165, 1.54) is 0 Å². The minimum atomic E-state index is -1.63. The topological polar surface area (TPSA) is 35.5 Å². The lowest BCUT2D eigenvalue weighted by Crippen LogP contribution is -2.42. The van der Waals surface area contributed by atoms with E-state index in [2.05, 4.69) is 20.8 Å². The van der Waals surface area contributed by atoms with Crippen LogP contribution in [0, 0.1) is 0 Å². The summed E-state index contributed by atoms with van der Waals surface area (Å²) in [5.41, 5.74) is 0. The minimum Gasteiger partial charge on any atom is -0.404 e. The van der Waals surface area contributed by atoms with Gasteiger partial charge in [-0.3, -0.25) is 4.79 Å². The zero-order chi connectivity index (χ0) is 10.6. The van der Waals surface area contributed by atoms with Crippen LogP contribution >= 0.6 is 0 Å². The van der Waals surface area contributed by atoms with Crippen molar-refractivity contribution in [2.24, 2.45) is 0 Å². The maximum atomic E-state index is 11.4. The molecule has 0 saturated carbocycles. The largest absolute Gasteiger partial charge is 0.404 e. The highest BCUT2D eigenvalue weighted by molar-refractivity contribution is 6.73. The summed E-state index contributed by atoms with van der Waals surface area (Å²) in [7, 11) is -1.63. The first kappa shape index (κ1) is 11.9. The Kier molecular flexibility index (Phi) is 4.28. The second kappa shape index (κ2) is 5.05. The lowest BCUT2D eigenvalue weighted by molar-refractivity contribution is -0.122. The highest BCUT2D eigenvalue weighted by Gasteiger charge is 2.36. The molecule has 0 bridgehead atoms. The van der Waals surface area contributed by atoms with Crippen LogP contribution in [0.25, 0.3) is 0 Å². The number of carbonyl (C=O) groups is 1. The van der Waals surface area contributed by atoms with E-state index < -0.39 is 8.32 Å². The van der Waals surface area contributed by atoms with Gasteiger partial charge >= 0.3 is 0 Å². The lowest BCUT2D eigenvalue weighted by Gasteiger charge is -2.30. The van der Waals surface area contributed by atoms with Crippen LogP contribution in [0.1, 0.15) is 20.8 Å². The van der Waals surface area contributed by atoms with Crippen LogP contribution in [-0.2, 0) is 14.0 Å². The molecule has 3 nitrogen and oxygen atoms in total. The van der Waals surface area contributed by atoms with Gasteiger partial charge in [-0.2, -0.15) is 0 Å². The molecular weight excluding hydrogens is 196 g/mol. The minimum absolute atomic E-state index is 0.122. The van der Waals surface area contributed by atoms with E-state index in [0.717, 1.165) is 18.1 Å². The lowest BCUT2D eigenvalue weighted by atomic mass is 10.3. The predicted molar refractivity (Wildman–Crippen MR) is 57.9 cm³/mol. The molecular formula is C10H20O3Si. The van der Waals surface area contributed by atoms with E-state index >= 15 is 0 Å². The average Bonchev–Trinajstić information content (AvgIpc) is 2.61. The maximum absolute atomic E-state index is 11.4. The Morgan fingerprint density at radius 3 is 2.29 bits per heavy atom. The molecule has 0 aromatic carbocycles. The number of hydrogen-bond donors (Lipinski definition) is 0. The van der Waals surface area contributed by atoms with Crippen molar-refractivity contribution in [2.75, 3.05) is 13.2 Å². The summed E-state index contributed by atoms with van der Waals surface area (Å²) in [6.07, 6.45) is -0.262. The Labute approximate surface area is 86.9 Å². The third kappa shape index (κ3) is 2.43. The Morgan fingerprint density at radius 2 is 1.93 bits per heavy atom. The van der Waals surface area contributed by atoms with Gasteiger partial charge in [0.05, 0.1) is 6.61 Å². The highest BCUT2D eigenvalue weighted by Crippen LogP contribution is 2.24. The third-order valence-electron chi connectivity index (χ3n) is 3.20. The summed E-state index contributed by atoms with van der Waals surface area (Å²) in [5, 5.41) is 0. The van der Waals surface area contributed by atoms with Crippen LogP contribution < -0.4 is 0 Å². The van der Waals surface area contributed by atoms with Gasteiger partial charge < -0.3 is 9.16 Å². The van der Waals surface area contributed by atoms with Gasteiger partial charge in [0, 0.05) is 0 Å². The number of carbonyl (C=O) groups excluding carboxylic acids is 1. The number of rotatable bonds is 5. The normalized spacial score (nSPS) is 23.1. The molecule has 1 aliphatic heterocycles. The van der Waals surface area contributed by atoms with E-state index in [1.807, 2.05) is 0 Å². The van der Waals surface area contributed by atoms with Gasteiger partial charge in [0.2, 0.25) is 0 Å². The second-order valence-electron chi connectivity index (χ2n) is 3.83. The Balaban J connectivity index is 2.58. The van der Waals surface area contributed by atoms with E-state index in [9.17, 15) is 4.79 Å². The fraction of sp³-hybridized carbons (Fsp3) is 0.900. The molecule has 0 radical (unpaired) electrons. The van der Waals surface area contributed by atoms with Gasteiger partial charge in [-0.25, -0.2) is 0 Å². The molecule has 0 amide bonds. The van der Waals surface area contributed by atoms with Crippen molar-refractivity contribution in [3.8, 4) is 0 Å². The highest BCUT2D eigenvalue weighted by atomic mass is 28.4. The van der Waals surface area contributed by atoms with Crippen LogP contribution in [0.3, 0.4) is 0 Å². The molecule has 0 aliphatic carbocycles. The standard InChI is InChI=1S/C10H20O3Si/c1-4-14(5-2,6-3)13-10-8-12-7-9(10)11/h10H,4-8H2,1-3H3. The quantitative estimate of drug-likeness (QED) is 0.659. The molecule has 4 heteroatoms. The van der Waals surface area contributed by atoms with Crippen LogP contribution in [0.5, 0.6) is 0 Å². The fourth-order valence-electron chi connectivity index (χ4n) is 1.85. The Morgan fingerprint density at radius 1 is 1.36 bits per heavy atom. The smallest absolute Gasteiger partial charge is 0.193 e. The molecule has 0 aromatic rings. The first-order chi connectivity index (χ1) is 6.67. The summed E-state index contributed by atoms with van der Waals surface area (Å²) in [5.74, 6) is 0.122. The Bertz CT molecular complexity index is 193. The molecule has 0 spiro atoms. The van der Waals surface area contributed by atoms with Crippen LogP contribution in [0.2, 0.25) is 18.1 Å². The third-order valence-corrected chi connectivity index (χ3v) is 7.85. The van der Waals surface area contributed by atoms with Crippen molar-refractivity contribution in [1.82, 2.24) is 0 Å². The molecule has 1 atom stereocenters. The predicted octanol–water partition coefficient (Wildman–Crippen LogP) is 1.98. The summed E-state index contributed by atoms with van der Waals surface area (Å²) in [6.45, 7) is 7.21. The van der Waals surface area contributed by atoms with Crippen molar-refractivity contribution in [3.05, 3.63) is 0 Å². The van der Waals surface area contributed by atoms with Crippen molar-refractivity contribution in [2.45, 2.75) is 45.0 Å². The molecule has 1 fully saturated rings. The number of hydrogen-bond acceptors (Lipinski definition) is 3. The van der Waals surface area contributed by atoms with Gasteiger partial charge in [0.15, 0.2) is 14.1 Å². The molecule has 1 unspecified atom stereocenters. The number of Topliss-reactive ketones (excluding diaryl/α,β-unsaturated/α-hetero) is 1. The van der Waals surface area contributed by atoms with Gasteiger partial charge in [0.1, 0.15) is 12.7 Å². The van der Waals surface area contributed by atoms with Crippen molar-refractivity contribution in [3.63, 3.8) is 0 Å². The van der Waals surface area contributed by atoms with Crippen molar-refractivity contribution < 1.29 is 14.0 Å². The summed E-state index contributed by atoms with van der Waals surface area (Å²) in [6, 6.07) is 3.26. The van der Waals surface area contributed by atoms with Crippen LogP contribution in [-0.4, -0.2) is 33.4 Å². The van der Waals surface area contributed by atoms with E-state index in [0.29, 0.717) is 6.61 Å². The van der Waals surface area contributed by atoms with Gasteiger partial charge in [-0.1, -0.05) is 20.8 Å². The summed E-state index contributed by atoms with van der Waals surface area (Å²) >= 11 is 0. The molecule has 0 N–H and O–H groups in total. The molecule has 1 saturated heterocycles. The van der Waals surface area contributed by atoms with Gasteiger partial charge in [-0.15, -0.1) is 0 Å². The first-order valence-corrected chi connectivity index (χ1v) is 7.98. The number of ether oxygens (including phenoxy) is 1. The average molecular weight is 216 g/mol. The van der Waals surface area contributed by atoms with E-state index in [-0.39, 0.29) is 18.5 Å². The molecule has 1 heterocycles. The second-order valence-corrected chi connectivity index (χ2v) is 8.55. The van der Waals surface area contributed by atoms with Crippen LogP contribution in [0.15, 0.2) is 0 Å². The van der Waals surface area contributed by atoms with Crippen molar-refractivity contribution in [1.29, 1.82) is 0 Å². The molecule has 14 heavy (non-hydrogen) atoms. The van der Waals surface area contributed by atoms with Gasteiger partial charge in [0.25, 0.3) is 0 Å². The summed E-state index contributed by atoms with van der Waals surface area (Å²) < 4.78 is 11.1. The van der Waals surface area contributed by atoms with Crippen LogP contribution in [0.4, 0.5) is 0 Å². The van der Waals surface area contributed by atoms with Gasteiger partial charge in [-0.05, 0) is 18.1 Å². The zero-order valence-electron chi connectivity index (χ0n) is 9.34. The first-order valence-electron chi connectivity index (χ1n) is 5.45. The number of ketones is 1. The molecule has 0 aromatic heterocycles. The van der Waals surface area contributed by atoms with E-state index in [1.54, 1.807) is 0 Å². The fourth-order valence-corrected chi connectivity index (χ4v) is 4.66. The molecule has 82 valence electrons. The molecule has 1 rings (SSSR count). The Hall–Kier alpha value is -0.193. The monoisotopic (exact) mass is 216 g/mol. The molecule has 1 aliphatic rings. The SMILES string of the molecule is CC[Si](CC)(CC)OC1COCC1=O.